The summed E-state index contributed by atoms with van der Waals surface area (Å²) in [5.74, 6) is 3.23. The molecule has 0 fully saturated rings. The molecule has 0 amide bonds. The van der Waals surface area contributed by atoms with Crippen LogP contribution in [0.3, 0.4) is 0 Å². The van der Waals surface area contributed by atoms with Crippen molar-refractivity contribution in [3.05, 3.63) is 53.2 Å². The minimum absolute atomic E-state index is 0.479. The molecule has 0 spiro atoms. The molecular formula is C34H44Cl2N4O6S4. The third-order valence-corrected chi connectivity index (χ3v) is 10.5. The molecule has 0 saturated heterocycles. The molecule has 0 aliphatic carbocycles. The fourth-order valence-corrected chi connectivity index (χ4v) is 7.69. The van der Waals surface area contributed by atoms with E-state index in [0.717, 1.165) is 54.4 Å². The standard InChI is InChI=1S/C34H44Cl2N4O6S4/c35-9-12-41-15-17-43-14-11-40-30-8-4-3-7-29(30)39-33(34(40)47)50-26-23-46-20-19-45-22-25-49-32-31(37-27-5-1-2-6-28(27)38-32)48-24-21-44-18-16-42-13-10-36/h1-8H,9-26H2. The number of fused-ring (bicyclic) bond motifs is 2. The highest BCUT2D eigenvalue weighted by atomic mass is 35.5. The zero-order valence-corrected chi connectivity index (χ0v) is 32.8. The van der Waals surface area contributed by atoms with Gasteiger partial charge < -0.3 is 33.0 Å². The molecule has 274 valence electrons. The van der Waals surface area contributed by atoms with E-state index in [2.05, 4.69) is 4.57 Å². The van der Waals surface area contributed by atoms with Crippen LogP contribution in [0.2, 0.25) is 0 Å². The topological polar surface area (TPSA) is 99.0 Å². The van der Waals surface area contributed by atoms with E-state index in [4.69, 9.17) is 78.8 Å². The van der Waals surface area contributed by atoms with Crippen LogP contribution in [0.5, 0.6) is 0 Å². The summed E-state index contributed by atoms with van der Waals surface area (Å²) in [4.78, 5) is 14.6. The zero-order valence-electron chi connectivity index (χ0n) is 28.0. The lowest BCUT2D eigenvalue weighted by atomic mass is 10.3. The number of hydrogen-bond donors (Lipinski definition) is 0. The third-order valence-electron chi connectivity index (χ3n) is 6.75. The summed E-state index contributed by atoms with van der Waals surface area (Å²) in [5.41, 5.74) is 3.65. The van der Waals surface area contributed by atoms with E-state index in [9.17, 15) is 0 Å². The van der Waals surface area contributed by atoms with Crippen molar-refractivity contribution in [1.29, 1.82) is 0 Å². The normalized spacial score (nSPS) is 11.6. The van der Waals surface area contributed by atoms with Crippen molar-refractivity contribution in [2.45, 2.75) is 21.6 Å². The van der Waals surface area contributed by atoms with Crippen LogP contribution in [-0.4, -0.2) is 128 Å². The number of rotatable bonds is 28. The number of para-hydroxylation sites is 4. The van der Waals surface area contributed by atoms with Gasteiger partial charge in [-0.1, -0.05) is 36.5 Å². The van der Waals surface area contributed by atoms with Gasteiger partial charge in [0.2, 0.25) is 0 Å². The summed E-state index contributed by atoms with van der Waals surface area (Å²) in [7, 11) is 0. The Kier molecular flexibility index (Phi) is 21.3. The number of halogens is 2. The summed E-state index contributed by atoms with van der Waals surface area (Å²) in [6.45, 7) is 7.11. The highest BCUT2D eigenvalue weighted by Gasteiger charge is 2.11. The van der Waals surface area contributed by atoms with Crippen LogP contribution in [-0.2, 0) is 35.0 Å². The fourth-order valence-electron chi connectivity index (χ4n) is 4.46. The first kappa shape index (κ1) is 41.5. The number of alkyl halides is 2. The number of hydrogen-bond acceptors (Lipinski definition) is 13. The van der Waals surface area contributed by atoms with Crippen molar-refractivity contribution in [1.82, 2.24) is 19.5 Å². The lowest BCUT2D eigenvalue weighted by Gasteiger charge is -2.14. The van der Waals surface area contributed by atoms with Crippen LogP contribution in [0.25, 0.3) is 22.1 Å². The van der Waals surface area contributed by atoms with Gasteiger partial charge in [0.1, 0.15) is 19.7 Å². The van der Waals surface area contributed by atoms with E-state index < -0.39 is 0 Å². The Morgan fingerprint density at radius 3 is 1.40 bits per heavy atom. The van der Waals surface area contributed by atoms with Crippen LogP contribution in [0.15, 0.2) is 63.6 Å². The van der Waals surface area contributed by atoms with Crippen molar-refractivity contribution in [2.75, 3.05) is 108 Å². The second kappa shape index (κ2) is 25.7. The SMILES string of the molecule is S=c1c(SCCOCCOCCSc2nc3ccccc3nc2SCCOCCOCCCl)nc2ccccc2n1CCOCCOCCCl. The molecule has 0 atom stereocenters. The Bertz CT molecular complexity index is 1610. The van der Waals surface area contributed by atoms with Crippen LogP contribution in [0, 0.1) is 4.64 Å². The van der Waals surface area contributed by atoms with Gasteiger partial charge in [-0.2, -0.15) is 0 Å². The molecule has 0 aliphatic rings. The summed E-state index contributed by atoms with van der Waals surface area (Å²) in [6.07, 6.45) is 0. The maximum absolute atomic E-state index is 5.85. The first-order chi connectivity index (χ1) is 24.7. The van der Waals surface area contributed by atoms with Gasteiger partial charge in [-0.3, -0.25) is 0 Å². The Morgan fingerprint density at radius 2 is 0.900 bits per heavy atom. The molecule has 0 radical (unpaired) electrons. The maximum atomic E-state index is 5.85. The highest BCUT2D eigenvalue weighted by Crippen LogP contribution is 2.30. The quantitative estimate of drug-likeness (QED) is 0.0250. The predicted molar refractivity (Wildman–Crippen MR) is 209 cm³/mol. The van der Waals surface area contributed by atoms with Crippen molar-refractivity contribution in [3.8, 4) is 0 Å². The van der Waals surface area contributed by atoms with Crippen LogP contribution in [0.4, 0.5) is 0 Å². The molecule has 4 aromatic rings. The van der Waals surface area contributed by atoms with Gasteiger partial charge >= 0.3 is 0 Å². The van der Waals surface area contributed by atoms with E-state index in [0.29, 0.717) is 102 Å². The molecule has 0 saturated carbocycles. The van der Waals surface area contributed by atoms with Crippen molar-refractivity contribution in [2.24, 2.45) is 0 Å². The molecule has 2 heterocycles. The van der Waals surface area contributed by atoms with Gasteiger partial charge in [-0.25, -0.2) is 15.0 Å². The molecule has 16 heteroatoms. The number of thioether (sulfide) groups is 3. The van der Waals surface area contributed by atoms with E-state index >= 15 is 0 Å². The van der Waals surface area contributed by atoms with Crippen molar-refractivity contribution >= 4 is 92.8 Å². The molecule has 2 aromatic carbocycles. The summed E-state index contributed by atoms with van der Waals surface area (Å²) in [6, 6.07) is 15.9. The zero-order chi connectivity index (χ0) is 35.1. The fraction of sp³-hybridized carbons (Fsp3) is 0.529. The van der Waals surface area contributed by atoms with Crippen LogP contribution < -0.4 is 0 Å². The Balaban J connectivity index is 1.13. The summed E-state index contributed by atoms with van der Waals surface area (Å²) < 4.78 is 36.6. The number of nitrogens with zero attached hydrogens (tertiary/aromatic N) is 4. The molecule has 10 nitrogen and oxygen atoms in total. The smallest absolute Gasteiger partial charge is 0.139 e. The minimum Gasteiger partial charge on any atom is -0.378 e. The number of aromatic nitrogens is 4. The lowest BCUT2D eigenvalue weighted by molar-refractivity contribution is 0.0505. The van der Waals surface area contributed by atoms with Gasteiger partial charge in [0.05, 0.1) is 101 Å². The molecule has 0 aliphatic heterocycles. The third kappa shape index (κ3) is 15.0. The number of ether oxygens (including phenoxy) is 6. The Morgan fingerprint density at radius 1 is 0.500 bits per heavy atom. The van der Waals surface area contributed by atoms with Gasteiger partial charge in [0.15, 0.2) is 0 Å². The van der Waals surface area contributed by atoms with E-state index in [1.165, 1.54) is 0 Å². The number of benzene rings is 2. The highest BCUT2D eigenvalue weighted by molar-refractivity contribution is 8.02. The first-order valence-electron chi connectivity index (χ1n) is 16.4. The Labute approximate surface area is 322 Å². The molecule has 0 N–H and O–H groups in total. The molecule has 0 bridgehead atoms. The average Bonchev–Trinajstić information content (AvgIpc) is 3.14. The second-order valence-corrected chi connectivity index (χ2v) is 14.7. The van der Waals surface area contributed by atoms with Crippen LogP contribution in [0.1, 0.15) is 0 Å². The monoisotopic (exact) mass is 802 g/mol. The van der Waals surface area contributed by atoms with E-state index in [1.54, 1.807) is 35.3 Å². The van der Waals surface area contributed by atoms with Crippen molar-refractivity contribution in [3.63, 3.8) is 0 Å². The second-order valence-electron chi connectivity index (χ2n) is 10.3. The Hall–Kier alpha value is -1.27. The molecule has 2 aromatic heterocycles. The summed E-state index contributed by atoms with van der Waals surface area (Å²) >= 11 is 22.0. The maximum Gasteiger partial charge on any atom is 0.139 e. The van der Waals surface area contributed by atoms with Gasteiger partial charge in [0.25, 0.3) is 0 Å². The van der Waals surface area contributed by atoms with Gasteiger partial charge in [-0.15, -0.1) is 58.5 Å². The van der Waals surface area contributed by atoms with Crippen molar-refractivity contribution < 1.29 is 28.4 Å². The summed E-state index contributed by atoms with van der Waals surface area (Å²) in [5, 5.41) is 2.62. The average molecular weight is 804 g/mol. The lowest BCUT2D eigenvalue weighted by Crippen LogP contribution is -2.13. The largest absolute Gasteiger partial charge is 0.378 e. The minimum atomic E-state index is 0.479. The van der Waals surface area contributed by atoms with Gasteiger partial charge in [0, 0.05) is 35.6 Å². The molecule has 4 rings (SSSR count). The molecule has 50 heavy (non-hydrogen) atoms. The molecule has 0 unspecified atom stereocenters. The van der Waals surface area contributed by atoms with Gasteiger partial charge in [-0.05, 0) is 24.3 Å². The first-order valence-corrected chi connectivity index (χ1v) is 20.9. The molecular weight excluding hydrogens is 760 g/mol. The van der Waals surface area contributed by atoms with Crippen LogP contribution >= 0.6 is 70.7 Å². The van der Waals surface area contributed by atoms with E-state index in [1.807, 2.05) is 48.5 Å². The van der Waals surface area contributed by atoms with E-state index in [-0.39, 0.29) is 0 Å². The predicted octanol–water partition coefficient (Wildman–Crippen LogP) is 7.26.